The molecule has 1 aliphatic heterocycles. The van der Waals surface area contributed by atoms with E-state index >= 15 is 0 Å². The number of carbonyl (C=O) groups is 2. The molecule has 0 radical (unpaired) electrons. The minimum Gasteiger partial charge on any atom is -0.484 e. The monoisotopic (exact) mass is 439 g/mol. The van der Waals surface area contributed by atoms with Crippen LogP contribution >= 0.6 is 23.2 Å². The molecule has 2 amide bonds. The van der Waals surface area contributed by atoms with Crippen molar-refractivity contribution in [1.29, 1.82) is 0 Å². The van der Waals surface area contributed by atoms with Gasteiger partial charge in [-0.1, -0.05) is 29.3 Å². The van der Waals surface area contributed by atoms with Crippen molar-refractivity contribution in [2.45, 2.75) is 0 Å². The zero-order valence-corrected chi connectivity index (χ0v) is 17.0. The Morgan fingerprint density at radius 1 is 1.00 bits per heavy atom. The lowest BCUT2D eigenvalue weighted by Gasteiger charge is -2.34. The van der Waals surface area contributed by atoms with E-state index in [1.807, 2.05) is 4.90 Å². The van der Waals surface area contributed by atoms with Gasteiger partial charge in [0, 0.05) is 26.2 Å². The van der Waals surface area contributed by atoms with Gasteiger partial charge in [-0.25, -0.2) is 4.39 Å². The number of benzene rings is 2. The summed E-state index contributed by atoms with van der Waals surface area (Å²) in [5.74, 6) is -0.297. The molecule has 1 heterocycles. The van der Waals surface area contributed by atoms with Crippen molar-refractivity contribution in [2.75, 3.05) is 44.6 Å². The van der Waals surface area contributed by atoms with Crippen LogP contribution in [0.3, 0.4) is 0 Å². The highest BCUT2D eigenvalue weighted by Crippen LogP contribution is 2.29. The fourth-order valence-corrected chi connectivity index (χ4v) is 3.41. The van der Waals surface area contributed by atoms with Crippen molar-refractivity contribution in [3.8, 4) is 5.75 Å². The van der Waals surface area contributed by atoms with E-state index in [1.165, 1.54) is 24.3 Å². The molecule has 9 heteroatoms. The fourth-order valence-electron chi connectivity index (χ4n) is 2.92. The van der Waals surface area contributed by atoms with Crippen molar-refractivity contribution >= 4 is 40.7 Å². The third-order valence-corrected chi connectivity index (χ3v) is 5.13. The number of carbonyl (C=O) groups excluding carboxylic acids is 2. The summed E-state index contributed by atoms with van der Waals surface area (Å²) >= 11 is 12.1. The van der Waals surface area contributed by atoms with Crippen LogP contribution in [-0.4, -0.2) is 60.9 Å². The second-order valence-corrected chi connectivity index (χ2v) is 7.36. The average Bonchev–Trinajstić information content (AvgIpc) is 2.71. The normalized spacial score (nSPS) is 14.5. The Kier molecular flexibility index (Phi) is 7.30. The molecule has 6 nitrogen and oxygen atoms in total. The van der Waals surface area contributed by atoms with Gasteiger partial charge in [0.05, 0.1) is 22.3 Å². The number of ether oxygens (including phenoxy) is 1. The van der Waals surface area contributed by atoms with Crippen LogP contribution in [0.4, 0.5) is 10.1 Å². The van der Waals surface area contributed by atoms with Crippen molar-refractivity contribution in [3.05, 3.63) is 58.3 Å². The van der Waals surface area contributed by atoms with E-state index in [0.717, 1.165) is 0 Å². The minimum atomic E-state index is -0.361. The average molecular weight is 440 g/mol. The van der Waals surface area contributed by atoms with Gasteiger partial charge in [0.25, 0.3) is 5.91 Å². The zero-order chi connectivity index (χ0) is 20.8. The van der Waals surface area contributed by atoms with Crippen LogP contribution < -0.4 is 10.1 Å². The molecule has 2 aromatic rings. The highest BCUT2D eigenvalue weighted by molar-refractivity contribution is 6.39. The van der Waals surface area contributed by atoms with Crippen LogP contribution in [0.1, 0.15) is 0 Å². The quantitative estimate of drug-likeness (QED) is 0.749. The molecule has 0 saturated carbocycles. The summed E-state index contributed by atoms with van der Waals surface area (Å²) in [5.41, 5.74) is 0.396. The van der Waals surface area contributed by atoms with E-state index < -0.39 is 0 Å². The third kappa shape index (κ3) is 6.06. The first-order valence-corrected chi connectivity index (χ1v) is 9.80. The Morgan fingerprint density at radius 2 is 1.62 bits per heavy atom. The number of halogens is 3. The highest BCUT2D eigenvalue weighted by Gasteiger charge is 2.23. The zero-order valence-electron chi connectivity index (χ0n) is 15.5. The van der Waals surface area contributed by atoms with Crippen LogP contribution in [0, 0.1) is 5.82 Å². The summed E-state index contributed by atoms with van der Waals surface area (Å²) in [5, 5.41) is 3.48. The summed E-state index contributed by atoms with van der Waals surface area (Å²) in [6.07, 6.45) is 0. The van der Waals surface area contributed by atoms with E-state index in [0.29, 0.717) is 47.7 Å². The van der Waals surface area contributed by atoms with Gasteiger partial charge in [-0.15, -0.1) is 0 Å². The molecule has 1 fully saturated rings. The Hall–Kier alpha value is -2.35. The molecule has 154 valence electrons. The van der Waals surface area contributed by atoms with Gasteiger partial charge in [-0.2, -0.15) is 0 Å². The highest BCUT2D eigenvalue weighted by atomic mass is 35.5. The van der Waals surface area contributed by atoms with E-state index in [9.17, 15) is 14.0 Å². The van der Waals surface area contributed by atoms with Crippen LogP contribution in [0.2, 0.25) is 10.0 Å². The topological polar surface area (TPSA) is 61.9 Å². The molecule has 1 aliphatic rings. The van der Waals surface area contributed by atoms with Gasteiger partial charge in [0.15, 0.2) is 6.61 Å². The molecular formula is C20H20Cl2FN3O3. The predicted molar refractivity (Wildman–Crippen MR) is 110 cm³/mol. The Bertz CT molecular complexity index is 852. The Morgan fingerprint density at radius 3 is 2.24 bits per heavy atom. The summed E-state index contributed by atoms with van der Waals surface area (Å²) in [4.78, 5) is 28.2. The number of hydrogen-bond donors (Lipinski definition) is 1. The lowest BCUT2D eigenvalue weighted by atomic mass is 10.3. The van der Waals surface area contributed by atoms with Crippen molar-refractivity contribution < 1.29 is 18.7 Å². The number of nitrogens with zero attached hydrogens (tertiary/aromatic N) is 2. The van der Waals surface area contributed by atoms with Gasteiger partial charge in [-0.05, 0) is 36.4 Å². The van der Waals surface area contributed by atoms with Gasteiger partial charge < -0.3 is 15.0 Å². The first-order valence-electron chi connectivity index (χ1n) is 9.05. The van der Waals surface area contributed by atoms with Crippen molar-refractivity contribution in [1.82, 2.24) is 9.80 Å². The number of piperazine rings is 1. The van der Waals surface area contributed by atoms with E-state index in [2.05, 4.69) is 5.32 Å². The molecule has 0 bridgehead atoms. The van der Waals surface area contributed by atoms with Crippen LogP contribution in [0.5, 0.6) is 5.75 Å². The van der Waals surface area contributed by atoms with Crippen LogP contribution in [0.15, 0.2) is 42.5 Å². The maximum Gasteiger partial charge on any atom is 0.260 e. The second-order valence-electron chi connectivity index (χ2n) is 6.54. The molecule has 0 unspecified atom stereocenters. The van der Waals surface area contributed by atoms with Gasteiger partial charge in [-0.3, -0.25) is 14.5 Å². The summed E-state index contributed by atoms with van der Waals surface area (Å²) in [6.45, 7) is 2.17. The molecule has 1 saturated heterocycles. The Labute approximate surface area is 178 Å². The Balaban J connectivity index is 1.42. The van der Waals surface area contributed by atoms with Gasteiger partial charge in [0.2, 0.25) is 5.91 Å². The summed E-state index contributed by atoms with van der Waals surface area (Å²) in [6, 6.07) is 10.5. The van der Waals surface area contributed by atoms with E-state index in [1.54, 1.807) is 23.1 Å². The fraction of sp³-hybridized carbons (Fsp3) is 0.300. The van der Waals surface area contributed by atoms with Crippen molar-refractivity contribution in [3.63, 3.8) is 0 Å². The maximum atomic E-state index is 12.9. The molecule has 0 atom stereocenters. The molecular weight excluding hydrogens is 420 g/mol. The van der Waals surface area contributed by atoms with Crippen LogP contribution in [0.25, 0.3) is 0 Å². The predicted octanol–water partition coefficient (Wildman–Crippen LogP) is 3.29. The number of rotatable bonds is 6. The molecule has 2 aromatic carbocycles. The van der Waals surface area contributed by atoms with Crippen molar-refractivity contribution in [2.24, 2.45) is 0 Å². The smallest absolute Gasteiger partial charge is 0.260 e. The number of anilines is 1. The SMILES string of the molecule is O=C(CN1CCN(C(=O)COc2ccc(F)cc2)CC1)Nc1c(Cl)cccc1Cl. The number of para-hydroxylation sites is 1. The molecule has 0 aromatic heterocycles. The largest absolute Gasteiger partial charge is 0.484 e. The maximum absolute atomic E-state index is 12.9. The minimum absolute atomic E-state index is 0.114. The molecule has 3 rings (SSSR count). The van der Waals surface area contributed by atoms with Gasteiger partial charge >= 0.3 is 0 Å². The number of nitrogens with one attached hydrogen (secondary N) is 1. The first-order chi connectivity index (χ1) is 13.9. The third-order valence-electron chi connectivity index (χ3n) is 4.50. The molecule has 0 aliphatic carbocycles. The standard InChI is InChI=1S/C20H20Cl2FN3O3/c21-16-2-1-3-17(22)20(16)24-18(27)12-25-8-10-26(11-9-25)19(28)13-29-15-6-4-14(23)5-7-15/h1-7H,8-13H2,(H,24,27). The van der Waals surface area contributed by atoms with E-state index in [4.69, 9.17) is 27.9 Å². The second kappa shape index (κ2) is 9.91. The first kappa shape index (κ1) is 21.4. The molecule has 29 heavy (non-hydrogen) atoms. The van der Waals surface area contributed by atoms with Crippen LogP contribution in [-0.2, 0) is 9.59 Å². The lowest BCUT2D eigenvalue weighted by molar-refractivity contribution is -0.135. The molecule has 0 spiro atoms. The molecule has 1 N–H and O–H groups in total. The summed E-state index contributed by atoms with van der Waals surface area (Å²) in [7, 11) is 0. The summed E-state index contributed by atoms with van der Waals surface area (Å²) < 4.78 is 18.3. The number of amides is 2. The lowest BCUT2D eigenvalue weighted by Crippen LogP contribution is -2.51. The van der Waals surface area contributed by atoms with E-state index in [-0.39, 0.29) is 30.8 Å². The number of hydrogen-bond acceptors (Lipinski definition) is 4. The van der Waals surface area contributed by atoms with Gasteiger partial charge in [0.1, 0.15) is 11.6 Å².